The minimum atomic E-state index is 0.845. The van der Waals surface area contributed by atoms with E-state index >= 15 is 0 Å². The zero-order valence-corrected chi connectivity index (χ0v) is 10.8. The van der Waals surface area contributed by atoms with Gasteiger partial charge in [-0.1, -0.05) is 30.3 Å². The van der Waals surface area contributed by atoms with E-state index < -0.39 is 0 Å². The van der Waals surface area contributed by atoms with Gasteiger partial charge in [-0.15, -0.1) is 10.2 Å². The molecule has 3 rings (SSSR count). The highest BCUT2D eigenvalue weighted by Crippen LogP contribution is 2.24. The number of fused-ring (bicyclic) bond motifs is 1. The van der Waals surface area contributed by atoms with Crippen molar-refractivity contribution < 1.29 is 0 Å². The van der Waals surface area contributed by atoms with Crippen LogP contribution in [0.1, 0.15) is 5.56 Å². The molecule has 17 heavy (non-hydrogen) atoms. The molecule has 2 heterocycles. The van der Waals surface area contributed by atoms with E-state index in [-0.39, 0.29) is 0 Å². The van der Waals surface area contributed by atoms with Gasteiger partial charge in [0.2, 0.25) is 0 Å². The molecule has 0 fully saturated rings. The first-order chi connectivity index (χ1) is 8.27. The quantitative estimate of drug-likeness (QED) is 0.642. The Labute approximate surface area is 107 Å². The van der Waals surface area contributed by atoms with E-state index in [1.807, 2.05) is 34.7 Å². The van der Waals surface area contributed by atoms with Gasteiger partial charge in [0.25, 0.3) is 0 Å². The fourth-order valence-corrected chi connectivity index (χ4v) is 2.40. The number of halogens is 1. The Morgan fingerprint density at radius 2 is 1.82 bits per heavy atom. The van der Waals surface area contributed by atoms with Crippen LogP contribution in [-0.4, -0.2) is 14.6 Å². The summed E-state index contributed by atoms with van der Waals surface area (Å²) in [5.41, 5.74) is 3.14. The molecule has 0 spiro atoms. The van der Waals surface area contributed by atoms with Gasteiger partial charge in [-0.3, -0.25) is 4.40 Å². The van der Waals surface area contributed by atoms with Crippen LogP contribution < -0.4 is 0 Å². The number of hydrogen-bond donors (Lipinski definition) is 0. The summed E-state index contributed by atoms with van der Waals surface area (Å²) < 4.78 is 2.96. The third-order valence-corrected chi connectivity index (χ3v) is 3.39. The van der Waals surface area contributed by atoms with Gasteiger partial charge in [0, 0.05) is 5.56 Å². The van der Waals surface area contributed by atoms with Gasteiger partial charge in [0.15, 0.2) is 11.5 Å². The van der Waals surface area contributed by atoms with Crippen LogP contribution in [0.3, 0.4) is 0 Å². The fourth-order valence-electron chi connectivity index (χ4n) is 1.90. The minimum Gasteiger partial charge on any atom is -0.269 e. The van der Waals surface area contributed by atoms with E-state index in [0.29, 0.717) is 0 Å². The number of hydrogen-bond acceptors (Lipinski definition) is 2. The predicted molar refractivity (Wildman–Crippen MR) is 70.9 cm³/mol. The molecule has 0 amide bonds. The van der Waals surface area contributed by atoms with Gasteiger partial charge in [-0.2, -0.15) is 0 Å². The SMILES string of the molecule is Cc1ccccc1-c1nnc2cccc(Br)n12. The molecule has 84 valence electrons. The zero-order chi connectivity index (χ0) is 11.8. The van der Waals surface area contributed by atoms with Crippen LogP contribution in [0, 0.1) is 6.92 Å². The van der Waals surface area contributed by atoms with Crippen molar-refractivity contribution in [2.45, 2.75) is 6.92 Å². The van der Waals surface area contributed by atoms with Crippen molar-refractivity contribution in [3.8, 4) is 11.4 Å². The second-order valence-electron chi connectivity index (χ2n) is 3.88. The maximum atomic E-state index is 4.27. The Hall–Kier alpha value is -1.68. The van der Waals surface area contributed by atoms with E-state index in [1.54, 1.807) is 0 Å². The van der Waals surface area contributed by atoms with Crippen molar-refractivity contribution in [2.75, 3.05) is 0 Å². The molecule has 0 saturated carbocycles. The lowest BCUT2D eigenvalue weighted by atomic mass is 10.1. The molecular weight excluding hydrogens is 278 g/mol. The third-order valence-electron chi connectivity index (χ3n) is 2.77. The highest BCUT2D eigenvalue weighted by molar-refractivity contribution is 9.10. The van der Waals surface area contributed by atoms with Crippen LogP contribution in [0.25, 0.3) is 17.0 Å². The van der Waals surface area contributed by atoms with Crippen LogP contribution >= 0.6 is 15.9 Å². The highest BCUT2D eigenvalue weighted by atomic mass is 79.9. The molecule has 4 heteroatoms. The Bertz CT molecular complexity index is 688. The van der Waals surface area contributed by atoms with Crippen molar-refractivity contribution in [1.29, 1.82) is 0 Å². The topological polar surface area (TPSA) is 30.2 Å². The van der Waals surface area contributed by atoms with Crippen LogP contribution in [0.2, 0.25) is 0 Å². The summed E-state index contributed by atoms with van der Waals surface area (Å²) in [6, 6.07) is 14.1. The summed E-state index contributed by atoms with van der Waals surface area (Å²) in [4.78, 5) is 0. The lowest BCUT2D eigenvalue weighted by Gasteiger charge is -2.04. The molecule has 0 radical (unpaired) electrons. The number of nitrogens with zero attached hydrogens (tertiary/aromatic N) is 3. The Morgan fingerprint density at radius 3 is 2.65 bits per heavy atom. The first-order valence-corrected chi connectivity index (χ1v) is 6.12. The van der Waals surface area contributed by atoms with Gasteiger partial charge in [0.1, 0.15) is 0 Å². The summed E-state index contributed by atoms with van der Waals surface area (Å²) in [6.45, 7) is 2.08. The molecule has 0 aliphatic rings. The summed E-state index contributed by atoms with van der Waals surface area (Å²) in [7, 11) is 0. The fraction of sp³-hybridized carbons (Fsp3) is 0.0769. The molecule has 2 aromatic heterocycles. The molecule has 0 aliphatic carbocycles. The number of pyridine rings is 1. The first kappa shape index (κ1) is 10.5. The highest BCUT2D eigenvalue weighted by Gasteiger charge is 2.11. The summed E-state index contributed by atoms with van der Waals surface area (Å²) in [5.74, 6) is 0.866. The van der Waals surface area contributed by atoms with Crippen molar-refractivity contribution in [3.05, 3.63) is 52.6 Å². The van der Waals surface area contributed by atoms with Gasteiger partial charge in [0.05, 0.1) is 4.60 Å². The van der Waals surface area contributed by atoms with Crippen molar-refractivity contribution >= 4 is 21.6 Å². The smallest absolute Gasteiger partial charge is 0.169 e. The Balaban J connectivity index is 2.36. The average Bonchev–Trinajstić information content (AvgIpc) is 2.75. The standard InChI is InChI=1S/C13H10BrN3/c1-9-5-2-3-6-10(9)13-16-15-12-8-4-7-11(14)17(12)13/h2-8H,1H3. The van der Waals surface area contributed by atoms with E-state index in [2.05, 4.69) is 45.2 Å². The molecule has 3 nitrogen and oxygen atoms in total. The molecule has 0 aliphatic heterocycles. The maximum absolute atomic E-state index is 4.27. The number of aromatic nitrogens is 3. The normalized spacial score (nSPS) is 10.9. The molecule has 0 N–H and O–H groups in total. The van der Waals surface area contributed by atoms with Gasteiger partial charge >= 0.3 is 0 Å². The lowest BCUT2D eigenvalue weighted by molar-refractivity contribution is 1.10. The monoisotopic (exact) mass is 287 g/mol. The first-order valence-electron chi connectivity index (χ1n) is 5.33. The average molecular weight is 288 g/mol. The number of aryl methyl sites for hydroxylation is 1. The lowest BCUT2D eigenvalue weighted by Crippen LogP contribution is -1.92. The molecule has 0 atom stereocenters. The van der Waals surface area contributed by atoms with Gasteiger partial charge in [-0.05, 0) is 40.5 Å². The van der Waals surface area contributed by atoms with E-state index in [1.165, 1.54) is 5.56 Å². The van der Waals surface area contributed by atoms with Crippen LogP contribution in [0.4, 0.5) is 0 Å². The van der Waals surface area contributed by atoms with E-state index in [9.17, 15) is 0 Å². The molecule has 0 unspecified atom stereocenters. The zero-order valence-electron chi connectivity index (χ0n) is 9.26. The molecule has 0 bridgehead atoms. The van der Waals surface area contributed by atoms with Crippen LogP contribution in [0.15, 0.2) is 47.1 Å². The predicted octanol–water partition coefficient (Wildman–Crippen LogP) is 3.47. The van der Waals surface area contributed by atoms with Gasteiger partial charge in [-0.25, -0.2) is 0 Å². The van der Waals surface area contributed by atoms with E-state index in [4.69, 9.17) is 0 Å². The second kappa shape index (κ2) is 3.96. The molecule has 3 aromatic rings. The molecule has 0 saturated heterocycles. The molecule has 1 aromatic carbocycles. The van der Waals surface area contributed by atoms with Crippen molar-refractivity contribution in [2.24, 2.45) is 0 Å². The summed E-state index contributed by atoms with van der Waals surface area (Å²) in [6.07, 6.45) is 0. The number of rotatable bonds is 1. The summed E-state index contributed by atoms with van der Waals surface area (Å²) in [5, 5.41) is 8.45. The van der Waals surface area contributed by atoms with Crippen LogP contribution in [-0.2, 0) is 0 Å². The maximum Gasteiger partial charge on any atom is 0.169 e. The van der Waals surface area contributed by atoms with Crippen LogP contribution in [0.5, 0.6) is 0 Å². The Morgan fingerprint density at radius 1 is 1.00 bits per heavy atom. The number of benzene rings is 1. The summed E-state index contributed by atoms with van der Waals surface area (Å²) >= 11 is 3.53. The largest absolute Gasteiger partial charge is 0.269 e. The van der Waals surface area contributed by atoms with E-state index in [0.717, 1.165) is 21.6 Å². The van der Waals surface area contributed by atoms with Crippen molar-refractivity contribution in [1.82, 2.24) is 14.6 Å². The minimum absolute atomic E-state index is 0.845. The third kappa shape index (κ3) is 1.65. The second-order valence-corrected chi connectivity index (χ2v) is 4.69. The van der Waals surface area contributed by atoms with Gasteiger partial charge < -0.3 is 0 Å². The molecular formula is C13H10BrN3. The van der Waals surface area contributed by atoms with Crippen molar-refractivity contribution in [3.63, 3.8) is 0 Å². The Kier molecular flexibility index (Phi) is 2.44.